The number of carbonyl (C=O) groups is 3. The molecule has 0 saturated carbocycles. The normalized spacial score (nSPS) is 16.3. The minimum Gasteiger partial charge on any atom is -0.468 e. The summed E-state index contributed by atoms with van der Waals surface area (Å²) >= 11 is 1.61. The van der Waals surface area contributed by atoms with E-state index in [9.17, 15) is 14.4 Å². The van der Waals surface area contributed by atoms with Crippen LogP contribution in [0.1, 0.15) is 5.56 Å². The number of methoxy groups -OCH3 is 1. The molecule has 0 radical (unpaired) electrons. The van der Waals surface area contributed by atoms with Crippen LogP contribution in [-0.4, -0.2) is 42.7 Å². The van der Waals surface area contributed by atoms with E-state index in [0.717, 1.165) is 15.4 Å². The highest BCUT2D eigenvalue weighted by Gasteiger charge is 2.35. The van der Waals surface area contributed by atoms with Crippen LogP contribution in [0.4, 0.5) is 4.79 Å². The molecule has 21 heavy (non-hydrogen) atoms. The second-order valence-electron chi connectivity index (χ2n) is 4.23. The molecule has 2 rings (SSSR count). The molecular weight excluding hydrogens is 292 g/mol. The lowest BCUT2D eigenvalue weighted by Gasteiger charge is -2.08. The van der Waals surface area contributed by atoms with Crippen LogP contribution in [0, 0.1) is 0 Å². The van der Waals surface area contributed by atoms with Gasteiger partial charge in [-0.3, -0.25) is 9.59 Å². The first-order chi connectivity index (χ1) is 10.0. The Morgan fingerprint density at radius 1 is 1.33 bits per heavy atom. The number of imide groups is 1. The molecule has 0 aliphatic carbocycles. The summed E-state index contributed by atoms with van der Waals surface area (Å²) in [7, 11) is 1.20. The molecular formula is C14H14N2O4S. The van der Waals surface area contributed by atoms with E-state index < -0.39 is 24.5 Å². The Bertz CT molecular complexity index is 610. The summed E-state index contributed by atoms with van der Waals surface area (Å²) in [6.07, 6.45) is 3.54. The van der Waals surface area contributed by atoms with Crippen LogP contribution in [0.3, 0.4) is 0 Å². The van der Waals surface area contributed by atoms with Crippen LogP contribution < -0.4 is 5.32 Å². The Labute approximate surface area is 126 Å². The van der Waals surface area contributed by atoms with Crippen molar-refractivity contribution in [3.8, 4) is 0 Å². The molecule has 1 aromatic carbocycles. The first kappa shape index (κ1) is 15.1. The number of nitrogens with zero attached hydrogens (tertiary/aromatic N) is 1. The third-order valence-corrected chi connectivity index (χ3v) is 3.65. The fourth-order valence-electron chi connectivity index (χ4n) is 1.78. The Morgan fingerprint density at radius 3 is 2.57 bits per heavy atom. The third-order valence-electron chi connectivity index (χ3n) is 2.90. The van der Waals surface area contributed by atoms with Crippen LogP contribution in [0.5, 0.6) is 0 Å². The number of rotatable bonds is 4. The minimum absolute atomic E-state index is 0.140. The summed E-state index contributed by atoms with van der Waals surface area (Å²) in [5, 5.41) is 2.45. The number of hydrogen-bond acceptors (Lipinski definition) is 5. The summed E-state index contributed by atoms with van der Waals surface area (Å²) in [5.74, 6) is -1.19. The van der Waals surface area contributed by atoms with Gasteiger partial charge in [0, 0.05) is 4.90 Å². The SMILES string of the molecule is COC(=O)CN1C(=O)N/C(=C/c2ccc(SC)cc2)C1=O. The van der Waals surface area contributed by atoms with Gasteiger partial charge in [0.05, 0.1) is 7.11 Å². The van der Waals surface area contributed by atoms with E-state index in [1.807, 2.05) is 30.5 Å². The maximum atomic E-state index is 12.1. The molecule has 6 nitrogen and oxygen atoms in total. The van der Waals surface area contributed by atoms with Gasteiger partial charge in [0.15, 0.2) is 0 Å². The molecule has 0 unspecified atom stereocenters. The first-order valence-corrected chi connectivity index (χ1v) is 7.33. The quantitative estimate of drug-likeness (QED) is 0.394. The monoisotopic (exact) mass is 306 g/mol. The van der Waals surface area contributed by atoms with Gasteiger partial charge in [-0.25, -0.2) is 9.69 Å². The molecule has 110 valence electrons. The van der Waals surface area contributed by atoms with E-state index in [-0.39, 0.29) is 5.70 Å². The molecule has 1 fully saturated rings. The average Bonchev–Trinajstić information content (AvgIpc) is 2.75. The summed E-state index contributed by atoms with van der Waals surface area (Å²) < 4.78 is 4.45. The van der Waals surface area contributed by atoms with Crippen LogP contribution in [-0.2, 0) is 14.3 Å². The molecule has 0 bridgehead atoms. The second-order valence-corrected chi connectivity index (χ2v) is 5.11. The zero-order valence-corrected chi connectivity index (χ0v) is 12.4. The molecule has 1 saturated heterocycles. The topological polar surface area (TPSA) is 75.7 Å². The lowest BCUT2D eigenvalue weighted by atomic mass is 10.2. The lowest BCUT2D eigenvalue weighted by molar-refractivity contribution is -0.143. The Morgan fingerprint density at radius 2 is 2.00 bits per heavy atom. The fraction of sp³-hybridized carbons (Fsp3) is 0.214. The summed E-state index contributed by atoms with van der Waals surface area (Å²) in [4.78, 5) is 36.8. The number of amides is 3. The Kier molecular flexibility index (Phi) is 4.64. The van der Waals surface area contributed by atoms with Gasteiger partial charge in [-0.1, -0.05) is 12.1 Å². The van der Waals surface area contributed by atoms with Crippen molar-refractivity contribution < 1.29 is 19.1 Å². The largest absolute Gasteiger partial charge is 0.468 e. The zero-order valence-electron chi connectivity index (χ0n) is 11.6. The molecule has 0 spiro atoms. The van der Waals surface area contributed by atoms with E-state index in [4.69, 9.17) is 0 Å². The maximum Gasteiger partial charge on any atom is 0.329 e. The minimum atomic E-state index is -0.649. The Balaban J connectivity index is 2.17. The van der Waals surface area contributed by atoms with E-state index in [0.29, 0.717) is 0 Å². The van der Waals surface area contributed by atoms with E-state index in [1.165, 1.54) is 7.11 Å². The lowest BCUT2D eigenvalue weighted by Crippen LogP contribution is -2.36. The average molecular weight is 306 g/mol. The van der Waals surface area contributed by atoms with Gasteiger partial charge < -0.3 is 10.1 Å². The van der Waals surface area contributed by atoms with Crippen LogP contribution in [0.2, 0.25) is 0 Å². The number of hydrogen-bond donors (Lipinski definition) is 1. The number of ether oxygens (including phenoxy) is 1. The van der Waals surface area contributed by atoms with Crippen molar-refractivity contribution in [1.29, 1.82) is 0 Å². The third kappa shape index (κ3) is 3.43. The van der Waals surface area contributed by atoms with Crippen molar-refractivity contribution in [3.63, 3.8) is 0 Å². The summed E-state index contributed by atoms with van der Waals surface area (Å²) in [6.45, 7) is -0.399. The zero-order chi connectivity index (χ0) is 15.4. The molecule has 1 aliphatic heterocycles. The predicted octanol–water partition coefficient (Wildman–Crippen LogP) is 1.47. The van der Waals surface area contributed by atoms with Crippen molar-refractivity contribution >= 4 is 35.7 Å². The number of urea groups is 1. The number of esters is 1. The van der Waals surface area contributed by atoms with Gasteiger partial charge in [0.1, 0.15) is 12.2 Å². The molecule has 1 N–H and O–H groups in total. The standard InChI is InChI=1S/C14H14N2O4S/c1-20-12(17)8-16-13(18)11(15-14(16)19)7-9-3-5-10(21-2)6-4-9/h3-7H,8H2,1-2H3,(H,15,19)/b11-7+. The second kappa shape index (κ2) is 6.45. The van der Waals surface area contributed by atoms with Crippen molar-refractivity contribution in [2.75, 3.05) is 19.9 Å². The fourth-order valence-corrected chi connectivity index (χ4v) is 2.18. The Hall–Kier alpha value is -2.28. The van der Waals surface area contributed by atoms with Crippen molar-refractivity contribution in [1.82, 2.24) is 10.2 Å². The predicted molar refractivity (Wildman–Crippen MR) is 78.5 cm³/mol. The number of benzene rings is 1. The summed E-state index contributed by atoms with van der Waals surface area (Å²) in [6, 6.07) is 6.91. The van der Waals surface area contributed by atoms with Gasteiger partial charge >= 0.3 is 12.0 Å². The molecule has 1 aliphatic rings. The first-order valence-electron chi connectivity index (χ1n) is 6.10. The molecule has 1 heterocycles. The number of nitrogens with one attached hydrogen (secondary N) is 1. The number of carbonyl (C=O) groups excluding carboxylic acids is 3. The van der Waals surface area contributed by atoms with E-state index >= 15 is 0 Å². The van der Waals surface area contributed by atoms with Crippen molar-refractivity contribution in [2.45, 2.75) is 4.90 Å². The highest BCUT2D eigenvalue weighted by atomic mass is 32.2. The maximum absolute atomic E-state index is 12.1. The highest BCUT2D eigenvalue weighted by Crippen LogP contribution is 2.18. The van der Waals surface area contributed by atoms with Gasteiger partial charge in [-0.2, -0.15) is 0 Å². The van der Waals surface area contributed by atoms with Gasteiger partial charge in [0.2, 0.25) is 0 Å². The van der Waals surface area contributed by atoms with E-state index in [2.05, 4.69) is 10.1 Å². The molecule has 3 amide bonds. The van der Waals surface area contributed by atoms with Crippen LogP contribution in [0.25, 0.3) is 6.08 Å². The van der Waals surface area contributed by atoms with Crippen LogP contribution >= 0.6 is 11.8 Å². The van der Waals surface area contributed by atoms with Gasteiger partial charge in [-0.05, 0) is 30.0 Å². The summed E-state index contributed by atoms with van der Waals surface area (Å²) in [5.41, 5.74) is 0.928. The van der Waals surface area contributed by atoms with Crippen molar-refractivity contribution in [3.05, 3.63) is 35.5 Å². The van der Waals surface area contributed by atoms with Crippen LogP contribution in [0.15, 0.2) is 34.9 Å². The molecule has 1 aromatic rings. The number of thioether (sulfide) groups is 1. The van der Waals surface area contributed by atoms with E-state index in [1.54, 1.807) is 17.8 Å². The van der Waals surface area contributed by atoms with Crippen molar-refractivity contribution in [2.24, 2.45) is 0 Å². The smallest absolute Gasteiger partial charge is 0.329 e. The van der Waals surface area contributed by atoms with Gasteiger partial charge in [-0.15, -0.1) is 11.8 Å². The highest BCUT2D eigenvalue weighted by molar-refractivity contribution is 7.98. The molecule has 7 heteroatoms. The van der Waals surface area contributed by atoms with Gasteiger partial charge in [0.25, 0.3) is 5.91 Å². The molecule has 0 atom stereocenters. The molecule has 0 aromatic heterocycles.